The van der Waals surface area contributed by atoms with Crippen molar-refractivity contribution in [3.63, 3.8) is 0 Å². The molecule has 6 nitrogen and oxygen atoms in total. The Hall–Kier alpha value is -2.03. The second kappa shape index (κ2) is 5.54. The zero-order valence-electron chi connectivity index (χ0n) is 11.2. The van der Waals surface area contributed by atoms with Crippen LogP contribution in [-0.2, 0) is 0 Å². The number of hydrogen-bond donors (Lipinski definition) is 2. The molecule has 1 heterocycles. The molecule has 3 N–H and O–H groups in total. The van der Waals surface area contributed by atoms with E-state index in [0.717, 1.165) is 5.69 Å². The number of carbonyl (C=O) groups is 1. The lowest BCUT2D eigenvalue weighted by Crippen LogP contribution is -2.31. The number of nitrogen functional groups attached to an aromatic ring is 1. The molecule has 1 aromatic rings. The van der Waals surface area contributed by atoms with Crippen molar-refractivity contribution in [2.45, 2.75) is 26.7 Å². The van der Waals surface area contributed by atoms with E-state index < -0.39 is 0 Å². The number of nitrogens with one attached hydrogen (secondary N) is 1. The van der Waals surface area contributed by atoms with Crippen LogP contribution in [0.25, 0.3) is 0 Å². The monoisotopic (exact) mass is 249 g/mol. The minimum atomic E-state index is -0.266. The molecule has 1 rings (SSSR count). The summed E-state index contributed by atoms with van der Waals surface area (Å²) >= 11 is 0. The number of H-pyrrole nitrogens is 1. The predicted molar refractivity (Wildman–Crippen MR) is 68.8 cm³/mol. The smallest absolute Gasteiger partial charge is 0.276 e. The van der Waals surface area contributed by atoms with Crippen LogP contribution in [0.2, 0.25) is 0 Å². The van der Waals surface area contributed by atoms with Crippen LogP contribution in [0.5, 0.6) is 0 Å². The zero-order valence-corrected chi connectivity index (χ0v) is 11.2. The summed E-state index contributed by atoms with van der Waals surface area (Å²) in [7, 11) is 1.64. The summed E-state index contributed by atoms with van der Waals surface area (Å²) in [5.74, 6) is -0.302. The number of aromatic amines is 1. The number of nitriles is 1. The Morgan fingerprint density at radius 1 is 1.56 bits per heavy atom. The largest absolute Gasteiger partial charge is 0.395 e. The molecular weight excluding hydrogens is 230 g/mol. The van der Waals surface area contributed by atoms with Gasteiger partial charge in [-0.1, -0.05) is 13.8 Å². The van der Waals surface area contributed by atoms with Crippen molar-refractivity contribution in [2.75, 3.05) is 19.3 Å². The van der Waals surface area contributed by atoms with E-state index in [1.807, 2.05) is 13.8 Å². The summed E-state index contributed by atoms with van der Waals surface area (Å²) in [6, 6.07) is 2.09. The minimum absolute atomic E-state index is 0.183. The van der Waals surface area contributed by atoms with Gasteiger partial charge in [0.2, 0.25) is 0 Å². The molecule has 1 aromatic heterocycles. The molecule has 6 heteroatoms. The van der Waals surface area contributed by atoms with Gasteiger partial charge < -0.3 is 10.6 Å². The Balaban J connectivity index is 2.88. The van der Waals surface area contributed by atoms with Crippen LogP contribution in [0.1, 0.15) is 42.9 Å². The maximum Gasteiger partial charge on any atom is 0.276 e. The maximum absolute atomic E-state index is 12.1. The quantitative estimate of drug-likeness (QED) is 0.841. The number of rotatable bonds is 4. The van der Waals surface area contributed by atoms with Crippen LogP contribution < -0.4 is 5.73 Å². The molecule has 0 spiro atoms. The number of nitrogens with zero attached hydrogens (tertiary/aromatic N) is 3. The fourth-order valence-electron chi connectivity index (χ4n) is 1.68. The standard InChI is InChI=1S/C12H19N5O/c1-7(2)10-9(14)11(16-15-10)12(18)17(4)6-8(3)5-13/h7-8H,6,14H2,1-4H3,(H,15,16). The molecule has 0 saturated carbocycles. The third-order valence-electron chi connectivity index (χ3n) is 2.73. The maximum atomic E-state index is 12.1. The van der Waals surface area contributed by atoms with Crippen molar-refractivity contribution in [3.8, 4) is 6.07 Å². The molecule has 0 aliphatic rings. The Bertz CT molecular complexity index is 471. The molecule has 0 aliphatic heterocycles. The highest BCUT2D eigenvalue weighted by Gasteiger charge is 2.22. The highest BCUT2D eigenvalue weighted by molar-refractivity contribution is 5.97. The fraction of sp³-hybridized carbons (Fsp3) is 0.583. The fourth-order valence-corrected chi connectivity index (χ4v) is 1.68. The van der Waals surface area contributed by atoms with Gasteiger partial charge in [-0.2, -0.15) is 10.4 Å². The van der Waals surface area contributed by atoms with Crippen LogP contribution in [0.15, 0.2) is 0 Å². The van der Waals surface area contributed by atoms with E-state index in [1.165, 1.54) is 4.90 Å². The number of aromatic nitrogens is 2. The highest BCUT2D eigenvalue weighted by Crippen LogP contribution is 2.22. The summed E-state index contributed by atoms with van der Waals surface area (Å²) in [4.78, 5) is 13.6. The lowest BCUT2D eigenvalue weighted by atomic mass is 10.1. The predicted octanol–water partition coefficient (Wildman–Crippen LogP) is 1.35. The average molecular weight is 249 g/mol. The molecule has 0 aromatic carbocycles. The van der Waals surface area contributed by atoms with Gasteiger partial charge in [0.25, 0.3) is 5.91 Å². The van der Waals surface area contributed by atoms with E-state index in [0.29, 0.717) is 12.2 Å². The van der Waals surface area contributed by atoms with Gasteiger partial charge in [-0.3, -0.25) is 9.89 Å². The van der Waals surface area contributed by atoms with Crippen molar-refractivity contribution >= 4 is 11.6 Å². The number of nitrogens with two attached hydrogens (primary N) is 1. The molecule has 0 radical (unpaired) electrons. The second-order valence-corrected chi connectivity index (χ2v) is 4.77. The van der Waals surface area contributed by atoms with Crippen LogP contribution >= 0.6 is 0 Å². The molecule has 0 aliphatic carbocycles. The molecule has 18 heavy (non-hydrogen) atoms. The molecule has 1 unspecified atom stereocenters. The summed E-state index contributed by atoms with van der Waals surface area (Å²) in [5, 5.41) is 15.5. The summed E-state index contributed by atoms with van der Waals surface area (Å²) in [5.41, 5.74) is 7.29. The summed E-state index contributed by atoms with van der Waals surface area (Å²) in [6.07, 6.45) is 0. The highest BCUT2D eigenvalue weighted by atomic mass is 16.2. The van der Waals surface area contributed by atoms with Crippen LogP contribution in [0, 0.1) is 17.2 Å². The van der Waals surface area contributed by atoms with Gasteiger partial charge in [-0.25, -0.2) is 0 Å². The third-order valence-corrected chi connectivity index (χ3v) is 2.73. The normalized spacial score (nSPS) is 12.2. The van der Waals surface area contributed by atoms with Crippen molar-refractivity contribution in [3.05, 3.63) is 11.4 Å². The first-order valence-corrected chi connectivity index (χ1v) is 5.87. The van der Waals surface area contributed by atoms with Gasteiger partial charge >= 0.3 is 0 Å². The Labute approximate surface area is 107 Å². The van der Waals surface area contributed by atoms with Gasteiger partial charge in [-0.15, -0.1) is 0 Å². The minimum Gasteiger partial charge on any atom is -0.395 e. The first kappa shape index (κ1) is 14.0. The number of anilines is 1. The second-order valence-electron chi connectivity index (χ2n) is 4.77. The average Bonchev–Trinajstić information content (AvgIpc) is 2.69. The van der Waals surface area contributed by atoms with Crippen LogP contribution in [0.3, 0.4) is 0 Å². The number of carbonyl (C=O) groups excluding carboxylic acids is 1. The Kier molecular flexibility index (Phi) is 4.32. The first-order chi connectivity index (χ1) is 8.38. The van der Waals surface area contributed by atoms with Gasteiger partial charge in [0.05, 0.1) is 23.4 Å². The Morgan fingerprint density at radius 3 is 2.61 bits per heavy atom. The summed E-state index contributed by atoms with van der Waals surface area (Å²) < 4.78 is 0. The van der Waals surface area contributed by atoms with E-state index >= 15 is 0 Å². The van der Waals surface area contributed by atoms with Crippen LogP contribution in [0.4, 0.5) is 5.69 Å². The Morgan fingerprint density at radius 2 is 2.17 bits per heavy atom. The lowest BCUT2D eigenvalue weighted by molar-refractivity contribution is 0.0780. The van der Waals surface area contributed by atoms with E-state index in [-0.39, 0.29) is 23.4 Å². The lowest BCUT2D eigenvalue weighted by Gasteiger charge is -2.17. The van der Waals surface area contributed by atoms with E-state index in [2.05, 4.69) is 16.3 Å². The van der Waals surface area contributed by atoms with E-state index in [1.54, 1.807) is 14.0 Å². The summed E-state index contributed by atoms with van der Waals surface area (Å²) in [6.45, 7) is 6.06. The first-order valence-electron chi connectivity index (χ1n) is 5.87. The number of amides is 1. The zero-order chi connectivity index (χ0) is 13.9. The third kappa shape index (κ3) is 2.80. The molecule has 0 fully saturated rings. The number of hydrogen-bond acceptors (Lipinski definition) is 4. The van der Waals surface area contributed by atoms with Crippen molar-refractivity contribution in [2.24, 2.45) is 5.92 Å². The van der Waals surface area contributed by atoms with Crippen molar-refractivity contribution in [1.82, 2.24) is 15.1 Å². The molecule has 98 valence electrons. The molecule has 1 atom stereocenters. The van der Waals surface area contributed by atoms with Crippen molar-refractivity contribution in [1.29, 1.82) is 5.26 Å². The van der Waals surface area contributed by atoms with E-state index in [4.69, 9.17) is 11.0 Å². The van der Waals surface area contributed by atoms with Crippen molar-refractivity contribution < 1.29 is 4.79 Å². The molecule has 0 saturated heterocycles. The topological polar surface area (TPSA) is 98.8 Å². The van der Waals surface area contributed by atoms with E-state index in [9.17, 15) is 4.79 Å². The van der Waals surface area contributed by atoms with Gasteiger partial charge in [-0.05, 0) is 12.8 Å². The van der Waals surface area contributed by atoms with Gasteiger partial charge in [0.1, 0.15) is 0 Å². The van der Waals surface area contributed by atoms with Gasteiger partial charge in [0.15, 0.2) is 5.69 Å². The van der Waals surface area contributed by atoms with Crippen LogP contribution in [-0.4, -0.2) is 34.6 Å². The SMILES string of the molecule is CC(C#N)CN(C)C(=O)c1n[nH]c(C(C)C)c1N. The molecular formula is C12H19N5O. The molecule has 1 amide bonds. The van der Waals surface area contributed by atoms with Gasteiger partial charge in [0, 0.05) is 13.6 Å². The molecule has 0 bridgehead atoms.